The Bertz CT molecular complexity index is 914. The fourth-order valence-electron chi connectivity index (χ4n) is 2.70. The van der Waals surface area contributed by atoms with E-state index >= 15 is 0 Å². The van der Waals surface area contributed by atoms with Gasteiger partial charge in [0.25, 0.3) is 5.91 Å². The number of benzene rings is 2. The smallest absolute Gasteiger partial charge is 0.258 e. The van der Waals surface area contributed by atoms with Crippen LogP contribution in [0, 0.1) is 6.92 Å². The molecule has 1 N–H and O–H groups in total. The van der Waals surface area contributed by atoms with Crippen LogP contribution in [0.15, 0.2) is 47.0 Å². The van der Waals surface area contributed by atoms with Crippen LogP contribution in [0.5, 0.6) is 11.5 Å². The highest BCUT2D eigenvalue weighted by molar-refractivity contribution is 5.99. The van der Waals surface area contributed by atoms with E-state index in [1.807, 2.05) is 31.2 Å². The van der Waals surface area contributed by atoms with Gasteiger partial charge in [-0.15, -0.1) is 0 Å². The Morgan fingerprint density at radius 3 is 2.48 bits per heavy atom. The Morgan fingerprint density at radius 1 is 1.11 bits per heavy atom. The number of aryl methyl sites for hydroxylation is 1. The molecule has 1 aromatic heterocycles. The van der Waals surface area contributed by atoms with Crippen LogP contribution in [0.25, 0.3) is 11.4 Å². The first-order chi connectivity index (χ1) is 13.1. The Balaban J connectivity index is 1.63. The van der Waals surface area contributed by atoms with Crippen LogP contribution in [-0.4, -0.2) is 36.8 Å². The van der Waals surface area contributed by atoms with E-state index in [-0.39, 0.29) is 5.91 Å². The van der Waals surface area contributed by atoms with E-state index in [9.17, 15) is 4.79 Å². The second-order valence-corrected chi connectivity index (χ2v) is 5.92. The van der Waals surface area contributed by atoms with Crippen molar-refractivity contribution in [2.24, 2.45) is 0 Å². The molecule has 0 aliphatic carbocycles. The monoisotopic (exact) mass is 367 g/mol. The predicted octanol–water partition coefficient (Wildman–Crippen LogP) is 3.03. The summed E-state index contributed by atoms with van der Waals surface area (Å²) in [6.07, 6.45) is 0.419. The number of hydrogen-bond donors (Lipinski definition) is 1. The molecule has 0 radical (unpaired) electrons. The van der Waals surface area contributed by atoms with Crippen molar-refractivity contribution in [3.8, 4) is 22.9 Å². The molecule has 0 unspecified atom stereocenters. The molecular weight excluding hydrogens is 346 g/mol. The average Bonchev–Trinajstić information content (AvgIpc) is 3.16. The number of aromatic nitrogens is 2. The van der Waals surface area contributed by atoms with Crippen LogP contribution in [0.2, 0.25) is 0 Å². The number of carbonyl (C=O) groups excluding carboxylic acids is 1. The minimum absolute atomic E-state index is 0.289. The van der Waals surface area contributed by atoms with Gasteiger partial charge in [0.05, 0.1) is 14.2 Å². The van der Waals surface area contributed by atoms with Crippen LogP contribution in [0.4, 0.5) is 0 Å². The van der Waals surface area contributed by atoms with Gasteiger partial charge in [0, 0.05) is 18.5 Å². The zero-order chi connectivity index (χ0) is 19.2. The molecule has 140 valence electrons. The zero-order valence-electron chi connectivity index (χ0n) is 15.5. The molecule has 7 nitrogen and oxygen atoms in total. The zero-order valence-corrected chi connectivity index (χ0v) is 15.5. The molecule has 0 atom stereocenters. The van der Waals surface area contributed by atoms with Gasteiger partial charge in [-0.05, 0) is 25.1 Å². The maximum Gasteiger partial charge on any atom is 0.258 e. The van der Waals surface area contributed by atoms with E-state index in [0.717, 1.165) is 11.1 Å². The van der Waals surface area contributed by atoms with Gasteiger partial charge in [-0.1, -0.05) is 35.0 Å². The first-order valence-electron chi connectivity index (χ1n) is 8.51. The minimum atomic E-state index is -0.289. The van der Waals surface area contributed by atoms with Gasteiger partial charge in [-0.3, -0.25) is 4.79 Å². The second kappa shape index (κ2) is 8.35. The maximum absolute atomic E-state index is 12.5. The summed E-state index contributed by atoms with van der Waals surface area (Å²) in [6.45, 7) is 2.35. The van der Waals surface area contributed by atoms with Gasteiger partial charge >= 0.3 is 0 Å². The van der Waals surface area contributed by atoms with Crippen molar-refractivity contribution >= 4 is 5.91 Å². The van der Waals surface area contributed by atoms with E-state index < -0.39 is 0 Å². The maximum atomic E-state index is 12.5. The SMILES string of the molecule is COc1cccc(OC)c1C(=O)NCCc1nc(-c2cccc(C)c2)no1. The molecule has 0 saturated heterocycles. The number of ether oxygens (including phenoxy) is 2. The third-order valence-electron chi connectivity index (χ3n) is 4.02. The lowest BCUT2D eigenvalue weighted by molar-refractivity contribution is 0.0947. The summed E-state index contributed by atoms with van der Waals surface area (Å²) >= 11 is 0. The number of nitrogens with zero attached hydrogens (tertiary/aromatic N) is 2. The molecule has 0 fully saturated rings. The van der Waals surface area contributed by atoms with Crippen LogP contribution < -0.4 is 14.8 Å². The van der Waals surface area contributed by atoms with Crippen LogP contribution in [0.1, 0.15) is 21.8 Å². The summed E-state index contributed by atoms with van der Waals surface area (Å²) in [5.41, 5.74) is 2.37. The summed E-state index contributed by atoms with van der Waals surface area (Å²) in [5.74, 6) is 1.60. The average molecular weight is 367 g/mol. The number of methoxy groups -OCH3 is 2. The summed E-state index contributed by atoms with van der Waals surface area (Å²) < 4.78 is 15.8. The third-order valence-corrected chi connectivity index (χ3v) is 4.02. The quantitative estimate of drug-likeness (QED) is 0.691. The summed E-state index contributed by atoms with van der Waals surface area (Å²) in [7, 11) is 3.02. The molecule has 0 spiro atoms. The van der Waals surface area contributed by atoms with Crippen molar-refractivity contribution in [2.75, 3.05) is 20.8 Å². The van der Waals surface area contributed by atoms with E-state index in [0.29, 0.717) is 41.7 Å². The molecule has 3 aromatic rings. The summed E-state index contributed by atoms with van der Waals surface area (Å²) in [4.78, 5) is 16.9. The van der Waals surface area contributed by atoms with E-state index in [4.69, 9.17) is 14.0 Å². The molecule has 0 aliphatic rings. The first kappa shape index (κ1) is 18.4. The van der Waals surface area contributed by atoms with Gasteiger partial charge in [0.15, 0.2) is 0 Å². The summed E-state index contributed by atoms with van der Waals surface area (Å²) in [5, 5.41) is 6.83. The fourth-order valence-corrected chi connectivity index (χ4v) is 2.70. The van der Waals surface area contributed by atoms with Crippen LogP contribution >= 0.6 is 0 Å². The van der Waals surface area contributed by atoms with Crippen LogP contribution in [0.3, 0.4) is 0 Å². The highest BCUT2D eigenvalue weighted by Gasteiger charge is 2.18. The third kappa shape index (κ3) is 4.25. The molecule has 1 amide bonds. The lowest BCUT2D eigenvalue weighted by Crippen LogP contribution is -2.26. The Labute approximate surface area is 157 Å². The lowest BCUT2D eigenvalue weighted by atomic mass is 10.1. The first-order valence-corrected chi connectivity index (χ1v) is 8.51. The standard InChI is InChI=1S/C20H21N3O4/c1-13-6-4-7-14(12-13)19-22-17(27-23-19)10-11-21-20(24)18-15(25-2)8-5-9-16(18)26-3/h4-9,12H,10-11H2,1-3H3,(H,21,24). The molecule has 0 bridgehead atoms. The Hall–Kier alpha value is -3.35. The van der Waals surface area contributed by atoms with Crippen molar-refractivity contribution < 1.29 is 18.8 Å². The van der Waals surface area contributed by atoms with Crippen molar-refractivity contribution in [3.63, 3.8) is 0 Å². The van der Waals surface area contributed by atoms with Gasteiger partial charge in [-0.25, -0.2) is 0 Å². The number of amides is 1. The molecule has 0 aliphatic heterocycles. The van der Waals surface area contributed by atoms with Gasteiger partial charge in [0.2, 0.25) is 11.7 Å². The van der Waals surface area contributed by atoms with Crippen LogP contribution in [-0.2, 0) is 6.42 Å². The highest BCUT2D eigenvalue weighted by Crippen LogP contribution is 2.27. The highest BCUT2D eigenvalue weighted by atomic mass is 16.5. The fraction of sp³-hybridized carbons (Fsp3) is 0.250. The van der Waals surface area contributed by atoms with Gasteiger partial charge in [0.1, 0.15) is 17.1 Å². The molecule has 0 saturated carbocycles. The molecule has 2 aromatic carbocycles. The Kier molecular flexibility index (Phi) is 5.71. The molecule has 1 heterocycles. The lowest BCUT2D eigenvalue weighted by Gasteiger charge is -2.12. The molecule has 7 heteroatoms. The van der Waals surface area contributed by atoms with Gasteiger partial charge in [-0.2, -0.15) is 4.98 Å². The van der Waals surface area contributed by atoms with Crippen molar-refractivity contribution in [3.05, 3.63) is 59.5 Å². The number of carbonyl (C=O) groups is 1. The van der Waals surface area contributed by atoms with Crippen molar-refractivity contribution in [1.29, 1.82) is 0 Å². The normalized spacial score (nSPS) is 10.5. The predicted molar refractivity (Wildman–Crippen MR) is 100 cm³/mol. The minimum Gasteiger partial charge on any atom is -0.496 e. The summed E-state index contributed by atoms with van der Waals surface area (Å²) in [6, 6.07) is 13.1. The number of nitrogens with one attached hydrogen (secondary N) is 1. The Morgan fingerprint density at radius 2 is 1.81 bits per heavy atom. The van der Waals surface area contributed by atoms with Crippen molar-refractivity contribution in [1.82, 2.24) is 15.5 Å². The largest absolute Gasteiger partial charge is 0.496 e. The molecular formula is C20H21N3O4. The number of hydrogen-bond acceptors (Lipinski definition) is 6. The van der Waals surface area contributed by atoms with E-state index in [1.54, 1.807) is 18.2 Å². The molecule has 3 rings (SSSR count). The van der Waals surface area contributed by atoms with Crippen molar-refractivity contribution in [2.45, 2.75) is 13.3 Å². The van der Waals surface area contributed by atoms with E-state index in [1.165, 1.54) is 14.2 Å². The van der Waals surface area contributed by atoms with Gasteiger partial charge < -0.3 is 19.3 Å². The second-order valence-electron chi connectivity index (χ2n) is 5.92. The topological polar surface area (TPSA) is 86.5 Å². The number of rotatable bonds is 7. The van der Waals surface area contributed by atoms with E-state index in [2.05, 4.69) is 15.5 Å². The molecule has 27 heavy (non-hydrogen) atoms.